The lowest BCUT2D eigenvalue weighted by Crippen LogP contribution is -2.19. The van der Waals surface area contributed by atoms with Crippen LogP contribution in [-0.4, -0.2) is 34.7 Å². The van der Waals surface area contributed by atoms with Crippen molar-refractivity contribution in [2.45, 2.75) is 32.6 Å². The molecule has 2 heterocycles. The molecule has 0 radical (unpaired) electrons. The van der Waals surface area contributed by atoms with Crippen LogP contribution in [0.1, 0.15) is 32.6 Å². The number of carbonyl (C=O) groups excluding carboxylic acids is 4. The molecule has 0 aromatic rings. The lowest BCUT2D eigenvalue weighted by molar-refractivity contribution is -0.137. The van der Waals surface area contributed by atoms with Crippen LogP contribution in [0, 0.1) is 0 Å². The van der Waals surface area contributed by atoms with Crippen LogP contribution in [0.3, 0.4) is 0 Å². The smallest absolute Gasteiger partial charge is 0.303 e. The number of unbranched alkanes of at least 4 members (excludes halogenated alkanes) is 2. The monoisotopic (exact) mass is 310 g/mol. The Bertz CT molecular complexity index is 439. The Morgan fingerprint density at radius 2 is 1.23 bits per heavy atom. The van der Waals surface area contributed by atoms with Crippen LogP contribution >= 0.6 is 0 Å². The van der Waals surface area contributed by atoms with Crippen LogP contribution in [0.4, 0.5) is 0 Å². The number of imide groups is 2. The minimum absolute atomic E-state index is 0.327. The number of aliphatic carboxylic acids is 1. The molecule has 120 valence electrons. The van der Waals surface area contributed by atoms with Gasteiger partial charge in [0.25, 0.3) is 23.6 Å². The molecule has 0 aromatic heterocycles. The van der Waals surface area contributed by atoms with Crippen LogP contribution in [0.5, 0.6) is 0 Å². The Kier molecular flexibility index (Phi) is 9.57. The van der Waals surface area contributed by atoms with E-state index in [0.717, 1.165) is 19.3 Å². The van der Waals surface area contributed by atoms with Crippen molar-refractivity contribution in [2.75, 3.05) is 0 Å². The van der Waals surface area contributed by atoms with Gasteiger partial charge in [-0.25, -0.2) is 0 Å². The summed E-state index contributed by atoms with van der Waals surface area (Å²) in [5.74, 6) is -2.00. The zero-order valence-corrected chi connectivity index (χ0v) is 12.1. The van der Waals surface area contributed by atoms with Gasteiger partial charge in [0.2, 0.25) is 0 Å². The number of carboxylic acids is 1. The molecule has 0 saturated heterocycles. The summed E-state index contributed by atoms with van der Waals surface area (Å²) in [6.45, 7) is 2.06. The molecule has 8 nitrogen and oxygen atoms in total. The quantitative estimate of drug-likeness (QED) is 0.497. The lowest BCUT2D eigenvalue weighted by Gasteiger charge is -1.89. The Morgan fingerprint density at radius 3 is 1.41 bits per heavy atom. The zero-order chi connectivity index (χ0) is 17.0. The molecule has 22 heavy (non-hydrogen) atoms. The first kappa shape index (κ1) is 19.2. The van der Waals surface area contributed by atoms with E-state index in [1.807, 2.05) is 10.6 Å². The van der Waals surface area contributed by atoms with Gasteiger partial charge in [-0.3, -0.25) is 34.6 Å². The number of carbonyl (C=O) groups is 5. The van der Waals surface area contributed by atoms with Gasteiger partial charge in [-0.2, -0.15) is 0 Å². The van der Waals surface area contributed by atoms with E-state index in [0.29, 0.717) is 6.42 Å². The van der Waals surface area contributed by atoms with Crippen LogP contribution in [0.25, 0.3) is 0 Å². The fraction of sp³-hybridized carbons (Fsp3) is 0.357. The second kappa shape index (κ2) is 11.0. The van der Waals surface area contributed by atoms with Gasteiger partial charge in [0.05, 0.1) is 0 Å². The van der Waals surface area contributed by atoms with Crippen LogP contribution in [0.15, 0.2) is 24.3 Å². The van der Waals surface area contributed by atoms with Crippen molar-refractivity contribution < 1.29 is 29.1 Å². The van der Waals surface area contributed by atoms with Gasteiger partial charge in [0, 0.05) is 30.7 Å². The van der Waals surface area contributed by atoms with E-state index < -0.39 is 5.97 Å². The summed E-state index contributed by atoms with van der Waals surface area (Å²) in [6.07, 6.45) is 8.06. The van der Waals surface area contributed by atoms with Gasteiger partial charge in [0.1, 0.15) is 0 Å². The predicted octanol–water partition coefficient (Wildman–Crippen LogP) is 0.0493. The van der Waals surface area contributed by atoms with Crippen molar-refractivity contribution in [3.05, 3.63) is 24.3 Å². The largest absolute Gasteiger partial charge is 0.481 e. The molecule has 4 amide bonds. The van der Waals surface area contributed by atoms with Crippen molar-refractivity contribution >= 4 is 29.6 Å². The highest BCUT2D eigenvalue weighted by molar-refractivity contribution is 6.13. The Labute approximate surface area is 127 Å². The molecular formula is C14H18N2O6. The SMILES string of the molecule is CCCCCC(=O)O.O=C1C=CC(=O)N1.O=C1C=CC(=O)N1. The van der Waals surface area contributed by atoms with E-state index in [1.54, 1.807) is 0 Å². The third-order valence-corrected chi connectivity index (χ3v) is 2.26. The van der Waals surface area contributed by atoms with E-state index in [1.165, 1.54) is 24.3 Å². The first-order valence-corrected chi connectivity index (χ1v) is 6.63. The van der Waals surface area contributed by atoms with Crippen molar-refractivity contribution in [3.63, 3.8) is 0 Å². The number of amides is 4. The van der Waals surface area contributed by atoms with Crippen molar-refractivity contribution in [1.29, 1.82) is 0 Å². The predicted molar refractivity (Wildman–Crippen MR) is 76.4 cm³/mol. The summed E-state index contributed by atoms with van der Waals surface area (Å²) in [5, 5.41) is 12.2. The Balaban J connectivity index is 0.000000301. The van der Waals surface area contributed by atoms with Crippen LogP contribution in [-0.2, 0) is 24.0 Å². The standard InChI is InChI=1S/C6H12O2.2C4H3NO2/c1-2-3-4-5-6(7)8;2*6-3-1-2-4(7)5-3/h2-5H2,1H3,(H,7,8);2*1-2H,(H,5,6,7). The molecule has 0 bridgehead atoms. The maximum absolute atomic E-state index is 10.0. The maximum atomic E-state index is 10.0. The summed E-state index contributed by atoms with van der Waals surface area (Å²) in [6, 6.07) is 0. The zero-order valence-electron chi connectivity index (χ0n) is 12.1. The fourth-order valence-corrected chi connectivity index (χ4v) is 1.24. The molecule has 0 atom stereocenters. The van der Waals surface area contributed by atoms with Gasteiger partial charge in [-0.15, -0.1) is 0 Å². The van der Waals surface area contributed by atoms with E-state index >= 15 is 0 Å². The molecule has 3 N–H and O–H groups in total. The molecule has 0 aliphatic carbocycles. The van der Waals surface area contributed by atoms with Gasteiger partial charge < -0.3 is 5.11 Å². The van der Waals surface area contributed by atoms with Crippen LogP contribution in [0.2, 0.25) is 0 Å². The molecule has 0 spiro atoms. The molecule has 8 heteroatoms. The molecular weight excluding hydrogens is 292 g/mol. The van der Waals surface area contributed by atoms with Gasteiger partial charge in [0.15, 0.2) is 0 Å². The summed E-state index contributed by atoms with van der Waals surface area (Å²) in [5.41, 5.74) is 0. The highest BCUT2D eigenvalue weighted by Crippen LogP contribution is 1.97. The average molecular weight is 310 g/mol. The minimum Gasteiger partial charge on any atom is -0.481 e. The number of hydrogen-bond donors (Lipinski definition) is 3. The third kappa shape index (κ3) is 11.1. The second-order valence-corrected chi connectivity index (χ2v) is 4.22. The lowest BCUT2D eigenvalue weighted by atomic mass is 10.2. The molecule has 2 rings (SSSR count). The summed E-state index contributed by atoms with van der Waals surface area (Å²) < 4.78 is 0. The summed E-state index contributed by atoms with van der Waals surface area (Å²) in [7, 11) is 0. The van der Waals surface area contributed by atoms with E-state index in [9.17, 15) is 24.0 Å². The number of rotatable bonds is 4. The molecule has 0 unspecified atom stereocenters. The average Bonchev–Trinajstić information content (AvgIpc) is 2.99. The second-order valence-electron chi connectivity index (χ2n) is 4.22. The molecule has 2 aliphatic rings. The Morgan fingerprint density at radius 1 is 0.864 bits per heavy atom. The van der Waals surface area contributed by atoms with Crippen molar-refractivity contribution in [2.24, 2.45) is 0 Å². The number of nitrogens with one attached hydrogen (secondary N) is 2. The highest BCUT2D eigenvalue weighted by atomic mass is 16.4. The van der Waals surface area contributed by atoms with Gasteiger partial charge >= 0.3 is 5.97 Å². The topological polar surface area (TPSA) is 130 Å². The number of carboxylic acid groups (broad SMARTS) is 1. The van der Waals surface area contributed by atoms with Crippen molar-refractivity contribution in [1.82, 2.24) is 10.6 Å². The van der Waals surface area contributed by atoms with Gasteiger partial charge in [-0.1, -0.05) is 19.8 Å². The molecule has 0 saturated carbocycles. The van der Waals surface area contributed by atoms with Crippen molar-refractivity contribution in [3.8, 4) is 0 Å². The number of hydrogen-bond acceptors (Lipinski definition) is 5. The third-order valence-electron chi connectivity index (χ3n) is 2.26. The van der Waals surface area contributed by atoms with Crippen LogP contribution < -0.4 is 10.6 Å². The minimum atomic E-state index is -0.682. The molecule has 0 aromatic carbocycles. The molecule has 0 fully saturated rings. The fourth-order valence-electron chi connectivity index (χ4n) is 1.24. The molecule has 2 aliphatic heterocycles. The summed E-state index contributed by atoms with van der Waals surface area (Å²) in [4.78, 5) is 50.0. The first-order chi connectivity index (χ1) is 10.3. The van der Waals surface area contributed by atoms with E-state index in [-0.39, 0.29) is 23.6 Å². The highest BCUT2D eigenvalue weighted by Gasteiger charge is 2.07. The maximum Gasteiger partial charge on any atom is 0.303 e. The first-order valence-electron chi connectivity index (χ1n) is 6.63. The summed E-state index contributed by atoms with van der Waals surface area (Å²) >= 11 is 0. The van der Waals surface area contributed by atoms with E-state index in [4.69, 9.17) is 5.11 Å². The van der Waals surface area contributed by atoms with Gasteiger partial charge in [-0.05, 0) is 6.42 Å². The Hall–Kier alpha value is -2.77. The normalized spacial score (nSPS) is 14.6. The van der Waals surface area contributed by atoms with E-state index in [2.05, 4.69) is 6.92 Å².